The van der Waals surface area contributed by atoms with Crippen LogP contribution in [0.1, 0.15) is 21.7 Å². The minimum atomic E-state index is -0.361. The summed E-state index contributed by atoms with van der Waals surface area (Å²) in [5.41, 5.74) is 1.96. The predicted molar refractivity (Wildman–Crippen MR) is 103 cm³/mol. The molecule has 26 heavy (non-hydrogen) atoms. The average molecular weight is 361 g/mol. The van der Waals surface area contributed by atoms with Crippen molar-refractivity contribution >= 4 is 32.9 Å². The van der Waals surface area contributed by atoms with Crippen LogP contribution in [0.4, 0.5) is 0 Å². The molecule has 0 aliphatic heterocycles. The first-order chi connectivity index (χ1) is 12.7. The van der Waals surface area contributed by atoms with Gasteiger partial charge in [0.1, 0.15) is 11.3 Å². The third-order valence-corrected chi connectivity index (χ3v) is 5.00. The summed E-state index contributed by atoms with van der Waals surface area (Å²) in [4.78, 5) is 12.7. The van der Waals surface area contributed by atoms with E-state index in [0.29, 0.717) is 5.76 Å². The third kappa shape index (κ3) is 3.00. The lowest BCUT2D eigenvalue weighted by Crippen LogP contribution is -2.17. The quantitative estimate of drug-likeness (QED) is 0.536. The predicted octanol–water partition coefficient (Wildman–Crippen LogP) is 5.02. The minimum absolute atomic E-state index is 0.0105. The number of rotatable bonds is 4. The maximum absolute atomic E-state index is 12.7. The van der Waals surface area contributed by atoms with E-state index in [1.54, 1.807) is 18.5 Å². The third-order valence-electron chi connectivity index (χ3n) is 4.02. The molecule has 0 spiro atoms. The van der Waals surface area contributed by atoms with Gasteiger partial charge in [-0.15, -0.1) is 0 Å². The van der Waals surface area contributed by atoms with E-state index in [-0.39, 0.29) is 16.5 Å². The Morgan fingerprint density at radius 3 is 2.54 bits per heavy atom. The molecular weight excluding hydrogens is 346 g/mol. The van der Waals surface area contributed by atoms with Crippen LogP contribution >= 0.6 is 11.3 Å². The molecule has 0 saturated carbocycles. The molecule has 0 bridgehead atoms. The summed E-state index contributed by atoms with van der Waals surface area (Å²) in [5.74, 6) is 0.288. The van der Waals surface area contributed by atoms with Gasteiger partial charge >= 0.3 is 0 Å². The van der Waals surface area contributed by atoms with Gasteiger partial charge < -0.3 is 14.8 Å². The van der Waals surface area contributed by atoms with Gasteiger partial charge in [0.2, 0.25) is 0 Å². The van der Waals surface area contributed by atoms with Crippen LogP contribution in [-0.4, -0.2) is 11.0 Å². The van der Waals surface area contributed by atoms with Crippen LogP contribution in [0.15, 0.2) is 83.6 Å². The second kappa shape index (κ2) is 6.90. The van der Waals surface area contributed by atoms with Crippen LogP contribution in [0.5, 0.6) is 5.06 Å². The molecule has 0 atom stereocenters. The van der Waals surface area contributed by atoms with Crippen LogP contribution in [0.3, 0.4) is 0 Å². The number of furan rings is 1. The molecule has 4 rings (SSSR count). The Bertz CT molecular complexity index is 1080. The lowest BCUT2D eigenvalue weighted by atomic mass is 10.0. The van der Waals surface area contributed by atoms with Gasteiger partial charge in [0.15, 0.2) is 5.06 Å². The second-order valence-corrected chi connectivity index (χ2v) is 6.68. The van der Waals surface area contributed by atoms with Gasteiger partial charge in [0.05, 0.1) is 6.26 Å². The SMILES string of the molecule is O=C(NC=C(c1ccccc1)c1ccco1)c1c(O)sc2ccccc12. The number of aromatic hydroxyl groups is 1. The van der Waals surface area contributed by atoms with Crippen molar-refractivity contribution in [3.63, 3.8) is 0 Å². The number of fused-ring (bicyclic) bond motifs is 1. The van der Waals surface area contributed by atoms with Crippen LogP contribution in [-0.2, 0) is 0 Å². The molecule has 1 amide bonds. The first-order valence-corrected chi connectivity index (χ1v) is 8.86. The smallest absolute Gasteiger partial charge is 0.260 e. The fourth-order valence-electron chi connectivity index (χ4n) is 2.81. The molecule has 0 unspecified atom stereocenters. The molecule has 4 aromatic rings. The van der Waals surface area contributed by atoms with Gasteiger partial charge in [-0.2, -0.15) is 0 Å². The highest BCUT2D eigenvalue weighted by Crippen LogP contribution is 2.36. The first-order valence-electron chi connectivity index (χ1n) is 8.05. The Labute approximate surface area is 154 Å². The van der Waals surface area contributed by atoms with Crippen LogP contribution in [0.25, 0.3) is 15.7 Å². The largest absolute Gasteiger partial charge is 0.499 e. The summed E-state index contributed by atoms with van der Waals surface area (Å²) >= 11 is 1.19. The van der Waals surface area contributed by atoms with Crippen molar-refractivity contribution in [2.75, 3.05) is 0 Å². The molecule has 0 saturated heterocycles. The number of amides is 1. The molecule has 0 fully saturated rings. The van der Waals surface area contributed by atoms with Crippen molar-refractivity contribution in [2.24, 2.45) is 0 Å². The highest BCUT2D eigenvalue weighted by molar-refractivity contribution is 7.21. The minimum Gasteiger partial charge on any atom is -0.499 e. The molecule has 4 nitrogen and oxygen atoms in total. The standard InChI is InChI=1S/C21H15NO3S/c23-20(19-15-9-4-5-11-18(15)26-21(19)24)22-13-16(17-10-6-12-25-17)14-7-2-1-3-8-14/h1-13,24H,(H,22,23). The van der Waals surface area contributed by atoms with Crippen molar-refractivity contribution in [1.29, 1.82) is 0 Å². The maximum atomic E-state index is 12.7. The molecule has 0 aliphatic rings. The van der Waals surface area contributed by atoms with E-state index in [0.717, 1.165) is 21.2 Å². The number of benzene rings is 2. The Balaban J connectivity index is 1.70. The van der Waals surface area contributed by atoms with E-state index in [9.17, 15) is 9.90 Å². The van der Waals surface area contributed by atoms with Crippen LogP contribution in [0.2, 0.25) is 0 Å². The summed E-state index contributed by atoms with van der Waals surface area (Å²) in [7, 11) is 0. The average Bonchev–Trinajstić information content (AvgIpc) is 3.29. The summed E-state index contributed by atoms with van der Waals surface area (Å²) in [6.45, 7) is 0. The molecule has 0 aliphatic carbocycles. The van der Waals surface area contributed by atoms with Crippen LogP contribution in [0, 0.1) is 0 Å². The summed E-state index contributed by atoms with van der Waals surface area (Å²) in [5, 5.41) is 13.7. The normalized spacial score (nSPS) is 11.6. The molecule has 2 aromatic carbocycles. The van der Waals surface area contributed by atoms with Gasteiger partial charge in [0, 0.05) is 21.9 Å². The zero-order valence-corrected chi connectivity index (χ0v) is 14.5. The van der Waals surface area contributed by atoms with Gasteiger partial charge in [-0.25, -0.2) is 0 Å². The second-order valence-electron chi connectivity index (χ2n) is 5.65. The number of nitrogens with one attached hydrogen (secondary N) is 1. The number of hydrogen-bond acceptors (Lipinski definition) is 4. The molecule has 2 aromatic heterocycles. The van der Waals surface area contributed by atoms with Crippen molar-refractivity contribution in [3.8, 4) is 5.06 Å². The van der Waals surface area contributed by atoms with Gasteiger partial charge in [-0.3, -0.25) is 4.79 Å². The van der Waals surface area contributed by atoms with E-state index in [2.05, 4.69) is 5.32 Å². The lowest BCUT2D eigenvalue weighted by Gasteiger charge is -2.06. The first kappa shape index (κ1) is 16.2. The number of hydrogen-bond donors (Lipinski definition) is 2. The number of carbonyl (C=O) groups excluding carboxylic acids is 1. The zero-order valence-electron chi connectivity index (χ0n) is 13.7. The lowest BCUT2D eigenvalue weighted by molar-refractivity contribution is 0.0970. The van der Waals surface area contributed by atoms with E-state index >= 15 is 0 Å². The van der Waals surface area contributed by atoms with Crippen molar-refractivity contribution in [1.82, 2.24) is 5.32 Å². The molecule has 0 radical (unpaired) electrons. The molecular formula is C21H15NO3S. The molecule has 2 N–H and O–H groups in total. The summed E-state index contributed by atoms with van der Waals surface area (Å²) < 4.78 is 6.37. The van der Waals surface area contributed by atoms with E-state index < -0.39 is 0 Å². The zero-order chi connectivity index (χ0) is 17.9. The number of carbonyl (C=O) groups is 1. The molecule has 128 valence electrons. The van der Waals surface area contributed by atoms with Gasteiger partial charge in [0.25, 0.3) is 5.91 Å². The highest BCUT2D eigenvalue weighted by Gasteiger charge is 2.18. The monoisotopic (exact) mass is 361 g/mol. The fourth-order valence-corrected chi connectivity index (χ4v) is 3.75. The summed E-state index contributed by atoms with van der Waals surface area (Å²) in [6, 6.07) is 20.7. The topological polar surface area (TPSA) is 62.5 Å². The highest BCUT2D eigenvalue weighted by atomic mass is 32.1. The van der Waals surface area contributed by atoms with Gasteiger partial charge in [-0.05, 0) is 23.8 Å². The Kier molecular flexibility index (Phi) is 4.29. The van der Waals surface area contributed by atoms with Crippen molar-refractivity contribution in [3.05, 3.63) is 96.1 Å². The fraction of sp³-hybridized carbons (Fsp3) is 0. The Morgan fingerprint density at radius 1 is 1.00 bits per heavy atom. The Hall–Kier alpha value is -3.31. The molecule has 2 heterocycles. The van der Waals surface area contributed by atoms with E-state index in [1.807, 2.05) is 60.7 Å². The Morgan fingerprint density at radius 2 is 1.77 bits per heavy atom. The maximum Gasteiger partial charge on any atom is 0.260 e. The number of thiophene rings is 1. The van der Waals surface area contributed by atoms with Crippen molar-refractivity contribution < 1.29 is 14.3 Å². The van der Waals surface area contributed by atoms with E-state index in [4.69, 9.17) is 4.42 Å². The van der Waals surface area contributed by atoms with Crippen LogP contribution < -0.4 is 5.32 Å². The summed E-state index contributed by atoms with van der Waals surface area (Å²) in [6.07, 6.45) is 3.20. The van der Waals surface area contributed by atoms with E-state index in [1.165, 1.54) is 11.3 Å². The molecule has 5 heteroatoms. The van der Waals surface area contributed by atoms with Gasteiger partial charge in [-0.1, -0.05) is 59.9 Å². The van der Waals surface area contributed by atoms with Crippen molar-refractivity contribution in [2.45, 2.75) is 0 Å².